The molecule has 2 aromatic carbocycles. The Morgan fingerprint density at radius 1 is 1.07 bits per heavy atom. The van der Waals surface area contributed by atoms with Gasteiger partial charge in [-0.05, 0) is 73.9 Å². The standard InChI is InChI=1S/C20H18F4N2OS2/c1-28-13-3-2-4-14(8-13)29-26-16-7-12(21)5-6-15(16)17(27)25-19-9-18(10-19,11-19)20(22,23)24/h2-8,26H,9-11H2,1H3,(H,25,27). The van der Waals surface area contributed by atoms with Crippen LogP contribution in [0.2, 0.25) is 0 Å². The van der Waals surface area contributed by atoms with E-state index in [2.05, 4.69) is 10.0 Å². The Morgan fingerprint density at radius 2 is 1.76 bits per heavy atom. The van der Waals surface area contributed by atoms with Crippen molar-refractivity contribution in [1.82, 2.24) is 5.32 Å². The third-order valence-electron chi connectivity index (χ3n) is 5.56. The maximum absolute atomic E-state index is 13.8. The number of hydrogen-bond acceptors (Lipinski definition) is 4. The van der Waals surface area contributed by atoms with Gasteiger partial charge in [0, 0.05) is 15.3 Å². The fourth-order valence-electron chi connectivity index (χ4n) is 4.11. The number of rotatable bonds is 6. The molecule has 3 fully saturated rings. The Morgan fingerprint density at radius 3 is 2.41 bits per heavy atom. The van der Waals surface area contributed by atoms with Gasteiger partial charge in [0.2, 0.25) is 0 Å². The van der Waals surface area contributed by atoms with Crippen molar-refractivity contribution in [3.05, 3.63) is 53.8 Å². The van der Waals surface area contributed by atoms with Crippen LogP contribution in [0.25, 0.3) is 0 Å². The van der Waals surface area contributed by atoms with E-state index in [9.17, 15) is 22.4 Å². The molecule has 154 valence electrons. The van der Waals surface area contributed by atoms with Gasteiger partial charge in [0.1, 0.15) is 5.82 Å². The van der Waals surface area contributed by atoms with Crippen LogP contribution in [-0.2, 0) is 0 Å². The zero-order valence-corrected chi connectivity index (χ0v) is 17.0. The number of thioether (sulfide) groups is 1. The number of nitrogens with one attached hydrogen (secondary N) is 2. The van der Waals surface area contributed by atoms with Crippen molar-refractivity contribution in [3.63, 3.8) is 0 Å². The summed E-state index contributed by atoms with van der Waals surface area (Å²) in [5.74, 6) is -1.01. The highest BCUT2D eigenvalue weighted by atomic mass is 32.2. The van der Waals surface area contributed by atoms with E-state index in [1.807, 2.05) is 30.5 Å². The first-order valence-corrected chi connectivity index (χ1v) is 11.0. The second-order valence-corrected chi connectivity index (χ2v) is 9.38. The van der Waals surface area contributed by atoms with Crippen LogP contribution in [-0.4, -0.2) is 23.9 Å². The number of halogens is 4. The van der Waals surface area contributed by atoms with E-state index in [-0.39, 0.29) is 30.5 Å². The summed E-state index contributed by atoms with van der Waals surface area (Å²) in [4.78, 5) is 14.7. The van der Waals surface area contributed by atoms with Gasteiger partial charge in [0.25, 0.3) is 5.91 Å². The van der Waals surface area contributed by atoms with Crippen LogP contribution in [0.1, 0.15) is 29.6 Å². The number of anilines is 1. The van der Waals surface area contributed by atoms with Crippen molar-refractivity contribution >= 4 is 35.3 Å². The lowest BCUT2D eigenvalue weighted by Gasteiger charge is -2.70. The molecule has 0 aliphatic heterocycles. The van der Waals surface area contributed by atoms with Crippen LogP contribution in [0, 0.1) is 11.2 Å². The van der Waals surface area contributed by atoms with Crippen LogP contribution in [0.3, 0.4) is 0 Å². The quantitative estimate of drug-likeness (QED) is 0.333. The summed E-state index contributed by atoms with van der Waals surface area (Å²) in [6.07, 6.45) is -2.54. The molecule has 0 unspecified atom stereocenters. The Kier molecular flexibility index (Phi) is 5.01. The van der Waals surface area contributed by atoms with Gasteiger partial charge in [-0.1, -0.05) is 6.07 Å². The zero-order chi connectivity index (χ0) is 20.9. The normalized spacial score (nSPS) is 25.0. The lowest BCUT2D eigenvalue weighted by molar-refractivity contribution is -0.336. The summed E-state index contributed by atoms with van der Waals surface area (Å²) in [5.41, 5.74) is -1.95. The minimum absolute atomic E-state index is 0.0879. The number of hydrogen-bond donors (Lipinski definition) is 2. The molecule has 3 saturated carbocycles. The van der Waals surface area contributed by atoms with Crippen molar-refractivity contribution in [2.75, 3.05) is 11.0 Å². The maximum Gasteiger partial charge on any atom is 0.394 e. The monoisotopic (exact) mass is 442 g/mol. The van der Waals surface area contributed by atoms with Gasteiger partial charge in [-0.25, -0.2) is 4.39 Å². The lowest BCUT2D eigenvalue weighted by atomic mass is 9.39. The predicted octanol–water partition coefficient (Wildman–Crippen LogP) is 5.88. The minimum atomic E-state index is -4.23. The lowest BCUT2D eigenvalue weighted by Crippen LogP contribution is -2.78. The molecule has 0 spiro atoms. The summed E-state index contributed by atoms with van der Waals surface area (Å²) in [5, 5.41) is 2.73. The molecule has 2 aromatic rings. The average Bonchev–Trinajstić information content (AvgIpc) is 2.60. The van der Waals surface area contributed by atoms with Gasteiger partial charge in [-0.15, -0.1) is 11.8 Å². The maximum atomic E-state index is 13.8. The topological polar surface area (TPSA) is 41.1 Å². The van der Waals surface area contributed by atoms with E-state index in [1.54, 1.807) is 11.8 Å². The highest BCUT2D eigenvalue weighted by Crippen LogP contribution is 2.73. The molecule has 3 aliphatic carbocycles. The van der Waals surface area contributed by atoms with Crippen LogP contribution >= 0.6 is 23.7 Å². The Bertz CT molecular complexity index is 944. The summed E-state index contributed by atoms with van der Waals surface area (Å²) >= 11 is 2.83. The smallest absolute Gasteiger partial charge is 0.346 e. The van der Waals surface area contributed by atoms with Gasteiger partial charge in [-0.2, -0.15) is 13.2 Å². The molecule has 9 heteroatoms. The molecule has 0 radical (unpaired) electrons. The third kappa shape index (κ3) is 3.70. The summed E-state index contributed by atoms with van der Waals surface area (Å²) in [6, 6.07) is 11.4. The summed E-state index contributed by atoms with van der Waals surface area (Å²) in [6.45, 7) is 0. The van der Waals surface area contributed by atoms with Crippen LogP contribution in [0.5, 0.6) is 0 Å². The molecule has 0 atom stereocenters. The van der Waals surface area contributed by atoms with E-state index >= 15 is 0 Å². The first-order chi connectivity index (χ1) is 13.7. The van der Waals surface area contributed by atoms with Gasteiger partial charge in [-0.3, -0.25) is 4.79 Å². The predicted molar refractivity (Wildman–Crippen MR) is 107 cm³/mol. The molecular formula is C20H18F4N2OS2. The number of carbonyl (C=O) groups is 1. The van der Waals surface area contributed by atoms with Crippen molar-refractivity contribution in [2.24, 2.45) is 5.41 Å². The molecular weight excluding hydrogens is 424 g/mol. The number of alkyl halides is 3. The van der Waals surface area contributed by atoms with Crippen LogP contribution < -0.4 is 10.0 Å². The van der Waals surface area contributed by atoms with Gasteiger partial charge in [0.15, 0.2) is 0 Å². The fraction of sp³-hybridized carbons (Fsp3) is 0.350. The molecule has 3 nitrogen and oxygen atoms in total. The fourth-order valence-corrected chi connectivity index (χ4v) is 5.37. The van der Waals surface area contributed by atoms with Gasteiger partial charge in [0.05, 0.1) is 16.7 Å². The molecule has 2 N–H and O–H groups in total. The molecule has 5 rings (SSSR count). The largest absolute Gasteiger partial charge is 0.394 e. The molecule has 3 aliphatic rings. The van der Waals surface area contributed by atoms with E-state index in [0.29, 0.717) is 0 Å². The van der Waals surface area contributed by atoms with Crippen molar-refractivity contribution in [1.29, 1.82) is 0 Å². The van der Waals surface area contributed by atoms with E-state index in [0.717, 1.165) is 9.79 Å². The van der Waals surface area contributed by atoms with E-state index in [1.165, 1.54) is 30.1 Å². The SMILES string of the molecule is CSc1cccc(SNc2cc(F)ccc2C(=O)NC23CC(C(F)(F)F)(C2)C3)c1. The molecule has 29 heavy (non-hydrogen) atoms. The van der Waals surface area contributed by atoms with Crippen LogP contribution in [0.4, 0.5) is 23.2 Å². The van der Waals surface area contributed by atoms with Crippen molar-refractivity contribution < 1.29 is 22.4 Å². The Hall–Kier alpha value is -1.87. The number of carbonyl (C=O) groups excluding carboxylic acids is 1. The first kappa shape index (κ1) is 20.4. The molecule has 2 bridgehead atoms. The van der Waals surface area contributed by atoms with E-state index < -0.39 is 28.9 Å². The second-order valence-electron chi connectivity index (χ2n) is 7.62. The highest BCUT2D eigenvalue weighted by molar-refractivity contribution is 8.00. The molecule has 0 heterocycles. The third-order valence-corrected chi connectivity index (χ3v) is 7.09. The second kappa shape index (κ2) is 7.12. The summed E-state index contributed by atoms with van der Waals surface area (Å²) in [7, 11) is 0. The number of benzene rings is 2. The Balaban J connectivity index is 1.45. The Labute approximate surface area is 174 Å². The summed E-state index contributed by atoms with van der Waals surface area (Å²) < 4.78 is 55.8. The van der Waals surface area contributed by atoms with Crippen LogP contribution in [0.15, 0.2) is 52.3 Å². The average molecular weight is 443 g/mol. The number of amides is 1. The van der Waals surface area contributed by atoms with Gasteiger partial charge >= 0.3 is 6.18 Å². The molecule has 0 aromatic heterocycles. The minimum Gasteiger partial charge on any atom is -0.346 e. The van der Waals surface area contributed by atoms with Crippen molar-refractivity contribution in [3.8, 4) is 0 Å². The van der Waals surface area contributed by atoms with E-state index in [4.69, 9.17) is 0 Å². The first-order valence-electron chi connectivity index (χ1n) is 8.91. The molecule has 0 saturated heterocycles. The zero-order valence-electron chi connectivity index (χ0n) is 15.4. The van der Waals surface area contributed by atoms with Gasteiger partial charge < -0.3 is 10.0 Å². The van der Waals surface area contributed by atoms with Crippen molar-refractivity contribution in [2.45, 2.75) is 40.8 Å². The highest BCUT2D eigenvalue weighted by Gasteiger charge is 2.79. The molecule has 1 amide bonds.